The Morgan fingerprint density at radius 3 is 2.40 bits per heavy atom. The molecule has 4 nitrogen and oxygen atoms in total. The molecule has 2 fully saturated rings. The van der Waals surface area contributed by atoms with Gasteiger partial charge in [0.25, 0.3) is 0 Å². The van der Waals surface area contributed by atoms with Crippen molar-refractivity contribution in [1.29, 1.82) is 0 Å². The first kappa shape index (κ1) is 13.7. The van der Waals surface area contributed by atoms with Crippen molar-refractivity contribution in [2.24, 2.45) is 5.92 Å². The van der Waals surface area contributed by atoms with Crippen molar-refractivity contribution in [3.63, 3.8) is 0 Å². The van der Waals surface area contributed by atoms with Crippen molar-refractivity contribution in [2.45, 2.75) is 36.2 Å². The van der Waals surface area contributed by atoms with Crippen molar-refractivity contribution in [1.82, 2.24) is 4.98 Å². The Morgan fingerprint density at radius 1 is 1.25 bits per heavy atom. The van der Waals surface area contributed by atoms with Gasteiger partial charge in [-0.3, -0.25) is 9.00 Å². The second-order valence-corrected chi connectivity index (χ2v) is 7.97. The molecule has 2 unspecified atom stereocenters. The molecule has 108 valence electrons. The molecule has 2 aliphatic rings. The lowest BCUT2D eigenvalue weighted by molar-refractivity contribution is 0.0906. The maximum absolute atomic E-state index is 12.6. The van der Waals surface area contributed by atoms with Crippen molar-refractivity contribution in [3.8, 4) is 0 Å². The van der Waals surface area contributed by atoms with Crippen LogP contribution in [0.5, 0.6) is 0 Å². The van der Waals surface area contributed by atoms with Gasteiger partial charge >= 0.3 is 0 Å². The number of nitrogens with zero attached hydrogens (tertiary/aromatic N) is 2. The minimum Gasteiger partial charge on any atom is -0.363 e. The second-order valence-electron chi connectivity index (χ2n) is 5.98. The first-order chi connectivity index (χ1) is 9.56. The zero-order valence-electron chi connectivity index (χ0n) is 11.9. The molecule has 0 amide bonds. The molecule has 2 atom stereocenters. The van der Waals surface area contributed by atoms with Crippen LogP contribution in [0.15, 0.2) is 18.3 Å². The summed E-state index contributed by atoms with van der Waals surface area (Å²) in [5.41, 5.74) is 0.688. The lowest BCUT2D eigenvalue weighted by Gasteiger charge is -2.26. The summed E-state index contributed by atoms with van der Waals surface area (Å²) in [6.45, 7) is 0. The number of aromatic nitrogens is 1. The van der Waals surface area contributed by atoms with Crippen molar-refractivity contribution < 1.29 is 9.00 Å². The van der Waals surface area contributed by atoms with Crippen LogP contribution < -0.4 is 4.90 Å². The Kier molecular flexibility index (Phi) is 3.63. The zero-order valence-corrected chi connectivity index (χ0v) is 12.7. The number of rotatable bonds is 3. The molecule has 5 heteroatoms. The van der Waals surface area contributed by atoms with Crippen LogP contribution in [0.4, 0.5) is 5.82 Å². The van der Waals surface area contributed by atoms with Crippen LogP contribution in [-0.2, 0) is 10.8 Å². The van der Waals surface area contributed by atoms with Gasteiger partial charge in [0.1, 0.15) is 5.82 Å². The molecule has 0 saturated carbocycles. The highest BCUT2D eigenvalue weighted by molar-refractivity contribution is 7.86. The molecule has 3 heterocycles. The summed E-state index contributed by atoms with van der Waals surface area (Å²) in [5.74, 6) is 1.07. The van der Waals surface area contributed by atoms with E-state index in [1.165, 1.54) is 0 Å². The number of hydrogen-bond acceptors (Lipinski definition) is 4. The summed E-state index contributed by atoms with van der Waals surface area (Å²) in [7, 11) is 3.16. The van der Waals surface area contributed by atoms with E-state index in [-0.39, 0.29) is 22.2 Å². The Morgan fingerprint density at radius 2 is 1.90 bits per heavy atom. The highest BCUT2D eigenvalue weighted by Crippen LogP contribution is 2.39. The fourth-order valence-electron chi connectivity index (χ4n) is 3.28. The summed E-state index contributed by atoms with van der Waals surface area (Å²) in [4.78, 5) is 18.8. The molecule has 2 bridgehead atoms. The van der Waals surface area contributed by atoms with Crippen LogP contribution in [0.25, 0.3) is 0 Å². The van der Waals surface area contributed by atoms with Gasteiger partial charge in [0.15, 0.2) is 5.78 Å². The van der Waals surface area contributed by atoms with Gasteiger partial charge in [0.05, 0.1) is 0 Å². The zero-order chi connectivity index (χ0) is 14.3. The number of carbonyl (C=O) groups is 1. The normalized spacial score (nSPS) is 32.1. The van der Waals surface area contributed by atoms with Gasteiger partial charge in [-0.05, 0) is 37.8 Å². The van der Waals surface area contributed by atoms with Crippen LogP contribution in [0, 0.1) is 5.92 Å². The highest BCUT2D eigenvalue weighted by atomic mass is 32.2. The third kappa shape index (κ3) is 2.39. The van der Waals surface area contributed by atoms with Crippen LogP contribution in [0.2, 0.25) is 0 Å². The maximum Gasteiger partial charge on any atom is 0.167 e. The summed E-state index contributed by atoms with van der Waals surface area (Å²) >= 11 is 0. The van der Waals surface area contributed by atoms with Crippen molar-refractivity contribution in [2.75, 3.05) is 19.0 Å². The number of fused-ring (bicyclic) bond motifs is 2. The van der Waals surface area contributed by atoms with Gasteiger partial charge in [-0.2, -0.15) is 0 Å². The average molecular weight is 292 g/mol. The van der Waals surface area contributed by atoms with Crippen molar-refractivity contribution >= 4 is 22.4 Å². The number of Topliss-reactive ketones (excluding diaryl/α,β-unsaturated/α-hetero) is 1. The average Bonchev–Trinajstić information content (AvgIpc) is 2.68. The number of hydrogen-bond donors (Lipinski definition) is 0. The smallest absolute Gasteiger partial charge is 0.167 e. The van der Waals surface area contributed by atoms with Crippen LogP contribution >= 0.6 is 0 Å². The van der Waals surface area contributed by atoms with Crippen LogP contribution in [-0.4, -0.2) is 39.6 Å². The second kappa shape index (κ2) is 5.28. The minimum atomic E-state index is -0.697. The molecule has 0 aromatic carbocycles. The highest BCUT2D eigenvalue weighted by Gasteiger charge is 2.42. The van der Waals surface area contributed by atoms with E-state index in [0.29, 0.717) is 5.56 Å². The predicted octanol–water partition coefficient (Wildman–Crippen LogP) is 2.02. The molecular weight excluding hydrogens is 272 g/mol. The van der Waals surface area contributed by atoms with Gasteiger partial charge < -0.3 is 4.90 Å². The van der Waals surface area contributed by atoms with E-state index in [4.69, 9.17) is 0 Å². The molecule has 1 aromatic rings. The molecule has 2 aliphatic heterocycles. The third-order valence-electron chi connectivity index (χ3n) is 4.42. The quantitative estimate of drug-likeness (QED) is 0.800. The van der Waals surface area contributed by atoms with Crippen molar-refractivity contribution in [3.05, 3.63) is 23.9 Å². The molecular formula is C15H20N2O2S. The molecule has 0 radical (unpaired) electrons. The first-order valence-corrected chi connectivity index (χ1v) is 8.41. The molecule has 20 heavy (non-hydrogen) atoms. The van der Waals surface area contributed by atoms with E-state index in [2.05, 4.69) is 4.98 Å². The van der Waals surface area contributed by atoms with E-state index in [1.54, 1.807) is 6.20 Å². The van der Waals surface area contributed by atoms with E-state index < -0.39 is 10.8 Å². The molecule has 2 saturated heterocycles. The fourth-order valence-corrected chi connectivity index (χ4v) is 5.40. The SMILES string of the molecule is CN(C)c1ccc(C(=O)C2CC3CCC(C2)S3=O)cn1. The Hall–Kier alpha value is -1.23. The van der Waals surface area contributed by atoms with Crippen LogP contribution in [0.1, 0.15) is 36.0 Å². The van der Waals surface area contributed by atoms with Gasteiger partial charge in [-0.25, -0.2) is 4.98 Å². The maximum atomic E-state index is 12.6. The summed E-state index contributed by atoms with van der Waals surface area (Å²) in [6.07, 6.45) is 5.30. The summed E-state index contributed by atoms with van der Waals surface area (Å²) in [6, 6.07) is 3.74. The van der Waals surface area contributed by atoms with Gasteiger partial charge in [-0.15, -0.1) is 0 Å². The Bertz CT molecular complexity index is 525. The molecule has 3 rings (SSSR count). The number of carbonyl (C=O) groups excluding carboxylic acids is 1. The largest absolute Gasteiger partial charge is 0.363 e. The standard InChI is InChI=1S/C15H20N2O2S/c1-17(2)14-6-3-10(9-16-14)15(18)11-7-12-4-5-13(8-11)20(12)19/h3,6,9,11-13H,4-5,7-8H2,1-2H3. The van der Waals surface area contributed by atoms with E-state index in [9.17, 15) is 9.00 Å². The van der Waals surface area contributed by atoms with E-state index in [1.807, 2.05) is 31.1 Å². The summed E-state index contributed by atoms with van der Waals surface area (Å²) in [5, 5.41) is 0.494. The molecule has 0 aliphatic carbocycles. The lowest BCUT2D eigenvalue weighted by atomic mass is 9.91. The Balaban J connectivity index is 1.74. The number of ketones is 1. The Labute approximate surface area is 122 Å². The van der Waals surface area contributed by atoms with Gasteiger partial charge in [-0.1, -0.05) is 0 Å². The first-order valence-electron chi connectivity index (χ1n) is 7.13. The monoisotopic (exact) mass is 292 g/mol. The molecule has 0 N–H and O–H groups in total. The molecule has 1 aromatic heterocycles. The number of anilines is 1. The topological polar surface area (TPSA) is 50.3 Å². The van der Waals surface area contributed by atoms with E-state index in [0.717, 1.165) is 31.5 Å². The molecule has 0 spiro atoms. The summed E-state index contributed by atoms with van der Waals surface area (Å²) < 4.78 is 12.0. The third-order valence-corrected chi connectivity index (χ3v) is 6.59. The van der Waals surface area contributed by atoms with E-state index >= 15 is 0 Å². The number of pyridine rings is 1. The van der Waals surface area contributed by atoms with Gasteiger partial charge in [0.2, 0.25) is 0 Å². The lowest BCUT2D eigenvalue weighted by Crippen LogP contribution is -2.32. The minimum absolute atomic E-state index is 0.0391. The van der Waals surface area contributed by atoms with Gasteiger partial charge in [0, 0.05) is 53.1 Å². The van der Waals surface area contributed by atoms with Crippen LogP contribution in [0.3, 0.4) is 0 Å². The predicted molar refractivity (Wildman–Crippen MR) is 80.6 cm³/mol. The fraction of sp³-hybridized carbons (Fsp3) is 0.600.